The maximum Gasteiger partial charge on any atom is 0.351 e. The van der Waals surface area contributed by atoms with Crippen molar-refractivity contribution in [2.24, 2.45) is 0 Å². The summed E-state index contributed by atoms with van der Waals surface area (Å²) in [4.78, 5) is 25.1. The number of benzene rings is 3. The Labute approximate surface area is 204 Å². The van der Waals surface area contributed by atoms with Crippen LogP contribution in [0.3, 0.4) is 0 Å². The Bertz CT molecular complexity index is 1340. The molecule has 0 bridgehead atoms. The van der Waals surface area contributed by atoms with Crippen LogP contribution in [0.2, 0.25) is 0 Å². The van der Waals surface area contributed by atoms with Gasteiger partial charge < -0.3 is 9.84 Å². The smallest absolute Gasteiger partial charge is 0.351 e. The molecule has 0 radical (unpaired) electrons. The number of rotatable bonds is 10. The molecule has 0 saturated carbocycles. The molecular weight excluding hydrogens is 442 g/mol. The highest BCUT2D eigenvalue weighted by Crippen LogP contribution is 2.23. The number of nitrogens with zero attached hydrogens (tertiary/aromatic N) is 3. The summed E-state index contributed by atoms with van der Waals surface area (Å²) in [5.74, 6) is 0.130. The van der Waals surface area contributed by atoms with E-state index in [1.54, 1.807) is 41.0 Å². The molecule has 7 nitrogen and oxygen atoms in total. The zero-order valence-electron chi connectivity index (χ0n) is 19.9. The topological polar surface area (TPSA) is 86.4 Å². The Morgan fingerprint density at radius 1 is 1.00 bits per heavy atom. The second-order valence-electron chi connectivity index (χ2n) is 8.48. The molecule has 1 aromatic heterocycles. The quantitative estimate of drug-likeness (QED) is 0.354. The summed E-state index contributed by atoms with van der Waals surface area (Å²) >= 11 is 0. The van der Waals surface area contributed by atoms with Crippen molar-refractivity contribution in [2.75, 3.05) is 0 Å². The van der Waals surface area contributed by atoms with E-state index in [0.717, 1.165) is 35.5 Å². The van der Waals surface area contributed by atoms with E-state index in [1.807, 2.05) is 49.4 Å². The molecule has 0 amide bonds. The maximum absolute atomic E-state index is 13.3. The van der Waals surface area contributed by atoms with Crippen molar-refractivity contribution in [1.29, 1.82) is 0 Å². The molecule has 180 valence electrons. The molecule has 4 aromatic rings. The van der Waals surface area contributed by atoms with E-state index in [0.29, 0.717) is 24.3 Å². The SMILES string of the molecule is CCCCc1nn(-c2ccccc2C)c(=O)n1Cc1ccc(OC(C(=O)O)c2ccccc2)cc1. The van der Waals surface area contributed by atoms with Crippen LogP contribution in [0.1, 0.15) is 48.4 Å². The van der Waals surface area contributed by atoms with Crippen molar-refractivity contribution < 1.29 is 14.6 Å². The molecule has 0 aliphatic carbocycles. The molecule has 4 rings (SSSR count). The zero-order valence-corrected chi connectivity index (χ0v) is 19.9. The number of aryl methyl sites for hydroxylation is 2. The van der Waals surface area contributed by atoms with Crippen LogP contribution < -0.4 is 10.4 Å². The Morgan fingerprint density at radius 3 is 2.34 bits per heavy atom. The highest BCUT2D eigenvalue weighted by atomic mass is 16.5. The van der Waals surface area contributed by atoms with Gasteiger partial charge in [0.2, 0.25) is 6.10 Å². The molecule has 0 aliphatic rings. The Balaban J connectivity index is 1.59. The van der Waals surface area contributed by atoms with Gasteiger partial charge in [-0.3, -0.25) is 4.57 Å². The maximum atomic E-state index is 13.3. The average Bonchev–Trinajstić information content (AvgIpc) is 3.17. The lowest BCUT2D eigenvalue weighted by atomic mass is 10.1. The fourth-order valence-corrected chi connectivity index (χ4v) is 3.95. The summed E-state index contributed by atoms with van der Waals surface area (Å²) in [5.41, 5.74) is 3.04. The standard InChI is InChI=1S/C28H29N3O4/c1-3-4-14-25-29-31(24-13-9-8-10-20(24)2)28(34)30(25)19-21-15-17-23(18-16-21)35-26(27(32)33)22-11-6-5-7-12-22/h5-13,15-18,26H,3-4,14,19H2,1-2H3,(H,32,33). The largest absolute Gasteiger partial charge is 0.478 e. The average molecular weight is 472 g/mol. The lowest BCUT2D eigenvalue weighted by molar-refractivity contribution is -0.145. The number of para-hydroxylation sites is 1. The molecule has 35 heavy (non-hydrogen) atoms. The highest BCUT2D eigenvalue weighted by molar-refractivity contribution is 5.74. The third kappa shape index (κ3) is 5.51. The van der Waals surface area contributed by atoms with Crippen molar-refractivity contribution >= 4 is 5.97 Å². The van der Waals surface area contributed by atoms with Gasteiger partial charge in [-0.15, -0.1) is 5.10 Å². The fourth-order valence-electron chi connectivity index (χ4n) is 3.95. The van der Waals surface area contributed by atoms with Crippen molar-refractivity contribution in [3.05, 3.63) is 112 Å². The molecule has 7 heteroatoms. The van der Waals surface area contributed by atoms with Crippen molar-refractivity contribution in [1.82, 2.24) is 14.3 Å². The van der Waals surface area contributed by atoms with Gasteiger partial charge in [-0.1, -0.05) is 74.0 Å². The van der Waals surface area contributed by atoms with E-state index < -0.39 is 12.1 Å². The van der Waals surface area contributed by atoms with E-state index in [1.165, 1.54) is 4.68 Å². The predicted octanol–water partition coefficient (Wildman–Crippen LogP) is 4.94. The van der Waals surface area contributed by atoms with Crippen LogP contribution >= 0.6 is 0 Å². The van der Waals surface area contributed by atoms with Gasteiger partial charge in [-0.05, 0) is 42.7 Å². The summed E-state index contributed by atoms with van der Waals surface area (Å²) in [7, 11) is 0. The number of aromatic nitrogens is 3. The van der Waals surface area contributed by atoms with Crippen LogP contribution in [0.15, 0.2) is 83.7 Å². The monoisotopic (exact) mass is 471 g/mol. The summed E-state index contributed by atoms with van der Waals surface area (Å²) in [6, 6.07) is 23.7. The second kappa shape index (κ2) is 10.9. The molecule has 1 atom stereocenters. The van der Waals surface area contributed by atoms with E-state index in [9.17, 15) is 14.7 Å². The van der Waals surface area contributed by atoms with Crippen LogP contribution in [0.25, 0.3) is 5.69 Å². The number of ether oxygens (including phenoxy) is 1. The Morgan fingerprint density at radius 2 is 1.69 bits per heavy atom. The van der Waals surface area contributed by atoms with Crippen LogP contribution in [0, 0.1) is 6.92 Å². The summed E-state index contributed by atoms with van der Waals surface area (Å²) in [6.45, 7) is 4.44. The molecule has 0 fully saturated rings. The molecule has 1 heterocycles. The van der Waals surface area contributed by atoms with Crippen LogP contribution in [-0.4, -0.2) is 25.4 Å². The third-order valence-corrected chi connectivity index (χ3v) is 5.88. The second-order valence-corrected chi connectivity index (χ2v) is 8.48. The minimum absolute atomic E-state index is 0.180. The number of unbranched alkanes of at least 4 members (excludes halogenated alkanes) is 1. The first-order valence-electron chi connectivity index (χ1n) is 11.8. The van der Waals surface area contributed by atoms with Gasteiger partial charge in [0.05, 0.1) is 12.2 Å². The summed E-state index contributed by atoms with van der Waals surface area (Å²) < 4.78 is 8.95. The van der Waals surface area contributed by atoms with E-state index in [4.69, 9.17) is 4.74 Å². The van der Waals surface area contributed by atoms with Gasteiger partial charge in [0.1, 0.15) is 11.6 Å². The normalized spacial score (nSPS) is 11.8. The first-order chi connectivity index (χ1) is 17.0. The van der Waals surface area contributed by atoms with Crippen LogP contribution in [0.5, 0.6) is 5.75 Å². The number of carbonyl (C=O) groups is 1. The molecule has 0 saturated heterocycles. The molecule has 0 spiro atoms. The first-order valence-corrected chi connectivity index (χ1v) is 11.8. The zero-order chi connectivity index (χ0) is 24.8. The number of hydrogen-bond acceptors (Lipinski definition) is 4. The van der Waals surface area contributed by atoms with E-state index >= 15 is 0 Å². The molecule has 1 unspecified atom stereocenters. The summed E-state index contributed by atoms with van der Waals surface area (Å²) in [5, 5.41) is 14.3. The third-order valence-electron chi connectivity index (χ3n) is 5.88. The van der Waals surface area contributed by atoms with Gasteiger partial charge in [0, 0.05) is 12.0 Å². The number of carboxylic acid groups (broad SMARTS) is 1. The molecule has 1 N–H and O–H groups in total. The van der Waals surface area contributed by atoms with E-state index in [2.05, 4.69) is 12.0 Å². The van der Waals surface area contributed by atoms with Gasteiger partial charge >= 0.3 is 11.7 Å². The van der Waals surface area contributed by atoms with E-state index in [-0.39, 0.29) is 5.69 Å². The minimum Gasteiger partial charge on any atom is -0.478 e. The van der Waals surface area contributed by atoms with Gasteiger partial charge in [-0.2, -0.15) is 4.68 Å². The Hall–Kier alpha value is -4.13. The van der Waals surface area contributed by atoms with Crippen LogP contribution in [0.4, 0.5) is 0 Å². The van der Waals surface area contributed by atoms with Crippen molar-refractivity contribution in [3.8, 4) is 11.4 Å². The molecular formula is C28H29N3O4. The van der Waals surface area contributed by atoms with Crippen molar-refractivity contribution in [3.63, 3.8) is 0 Å². The van der Waals surface area contributed by atoms with Crippen LogP contribution in [-0.2, 0) is 17.8 Å². The first kappa shape index (κ1) is 24.0. The number of hydrogen-bond donors (Lipinski definition) is 1. The number of aliphatic carboxylic acids is 1. The minimum atomic E-state index is -1.10. The Kier molecular flexibility index (Phi) is 7.45. The lowest BCUT2D eigenvalue weighted by Crippen LogP contribution is -2.25. The highest BCUT2D eigenvalue weighted by Gasteiger charge is 2.22. The molecule has 0 aliphatic heterocycles. The van der Waals surface area contributed by atoms with Crippen molar-refractivity contribution in [2.45, 2.75) is 45.8 Å². The predicted molar refractivity (Wildman–Crippen MR) is 134 cm³/mol. The van der Waals surface area contributed by atoms with Gasteiger partial charge in [-0.25, -0.2) is 9.59 Å². The van der Waals surface area contributed by atoms with Gasteiger partial charge in [0.15, 0.2) is 0 Å². The fraction of sp³-hybridized carbons (Fsp3) is 0.250. The lowest BCUT2D eigenvalue weighted by Gasteiger charge is -2.16. The van der Waals surface area contributed by atoms with Gasteiger partial charge in [0.25, 0.3) is 0 Å². The summed E-state index contributed by atoms with van der Waals surface area (Å²) in [6.07, 6.45) is 1.55. The number of carboxylic acids is 1. The molecule has 3 aromatic carbocycles.